The number of nitrogens with one attached hydrogen (secondary N) is 1. The van der Waals surface area contributed by atoms with Crippen molar-refractivity contribution in [3.05, 3.63) is 51.2 Å². The topological polar surface area (TPSA) is 92.7 Å². The molecule has 25 heavy (non-hydrogen) atoms. The number of carbonyl (C=O) groups excluding carboxylic acids is 3. The number of benzene rings is 1. The molecule has 0 aliphatic carbocycles. The summed E-state index contributed by atoms with van der Waals surface area (Å²) in [6.07, 6.45) is 0.633. The number of aryl methyl sites for hydroxylation is 1. The molecular weight excluding hydrogens is 342 g/mol. The van der Waals surface area contributed by atoms with E-state index in [-0.39, 0.29) is 23.0 Å². The smallest absolute Gasteiger partial charge is 0.342 e. The van der Waals surface area contributed by atoms with Crippen LogP contribution in [0.15, 0.2) is 30.3 Å². The Morgan fingerprint density at radius 1 is 1.20 bits per heavy atom. The molecule has 2 aromatic rings. The molecule has 0 aliphatic rings. The van der Waals surface area contributed by atoms with Gasteiger partial charge in [0.15, 0.2) is 6.61 Å². The lowest BCUT2D eigenvalue weighted by Crippen LogP contribution is -2.22. The molecule has 2 N–H and O–H groups in total. The number of rotatable bonds is 7. The van der Waals surface area contributed by atoms with E-state index in [1.807, 2.05) is 6.07 Å². The Balaban J connectivity index is 1.90. The highest BCUT2D eigenvalue weighted by atomic mass is 32.1. The molecule has 0 radical (unpaired) electrons. The lowest BCUT2D eigenvalue weighted by Gasteiger charge is -2.06. The minimum Gasteiger partial charge on any atom is -0.507 e. The van der Waals surface area contributed by atoms with Crippen molar-refractivity contribution in [3.8, 4) is 5.75 Å². The summed E-state index contributed by atoms with van der Waals surface area (Å²) in [5.41, 5.74) is 0.595. The Bertz CT molecular complexity index is 797. The fourth-order valence-corrected chi connectivity index (χ4v) is 3.06. The average molecular weight is 361 g/mol. The number of ketones is 1. The summed E-state index contributed by atoms with van der Waals surface area (Å²) >= 11 is 1.30. The molecule has 1 aromatic heterocycles. The molecule has 2 rings (SSSR count). The van der Waals surface area contributed by atoms with Gasteiger partial charge in [0.25, 0.3) is 0 Å². The molecular formula is C18H19NO5S. The summed E-state index contributed by atoms with van der Waals surface area (Å²) in [5, 5.41) is 12.6. The fourth-order valence-electron chi connectivity index (χ4n) is 2.13. The number of aromatic hydroxyl groups is 1. The molecule has 0 saturated heterocycles. The van der Waals surface area contributed by atoms with Gasteiger partial charge >= 0.3 is 5.97 Å². The summed E-state index contributed by atoms with van der Waals surface area (Å²) in [6, 6.07) is 8.24. The zero-order chi connectivity index (χ0) is 18.4. The van der Waals surface area contributed by atoms with Gasteiger partial charge in [0.2, 0.25) is 11.7 Å². The third kappa shape index (κ3) is 5.15. The quantitative estimate of drug-likeness (QED) is 0.584. The van der Waals surface area contributed by atoms with Crippen molar-refractivity contribution in [2.24, 2.45) is 0 Å². The van der Waals surface area contributed by atoms with Gasteiger partial charge < -0.3 is 15.2 Å². The molecule has 6 nitrogen and oxygen atoms in total. The number of esters is 1. The monoisotopic (exact) mass is 361 g/mol. The normalized spacial score (nSPS) is 10.3. The van der Waals surface area contributed by atoms with Crippen molar-refractivity contribution in [2.75, 3.05) is 13.2 Å². The van der Waals surface area contributed by atoms with Gasteiger partial charge in [-0.25, -0.2) is 4.79 Å². The SMILES string of the molecule is CC(=O)NCCc1ccc(C(=O)COC(=O)c2cccc(C)c2O)s1. The summed E-state index contributed by atoms with van der Waals surface area (Å²) < 4.78 is 5.00. The van der Waals surface area contributed by atoms with Crippen LogP contribution in [-0.2, 0) is 16.0 Å². The van der Waals surface area contributed by atoms with Crippen LogP contribution in [-0.4, -0.2) is 35.9 Å². The van der Waals surface area contributed by atoms with E-state index < -0.39 is 12.6 Å². The first-order valence-corrected chi connectivity index (χ1v) is 8.52. The summed E-state index contributed by atoms with van der Waals surface area (Å²) in [7, 11) is 0. The summed E-state index contributed by atoms with van der Waals surface area (Å²) in [6.45, 7) is 3.23. The van der Waals surface area contributed by atoms with Crippen LogP contribution in [0.3, 0.4) is 0 Å². The van der Waals surface area contributed by atoms with Crippen molar-refractivity contribution < 1.29 is 24.2 Å². The number of hydrogen-bond acceptors (Lipinski definition) is 6. The van der Waals surface area contributed by atoms with Crippen molar-refractivity contribution in [1.29, 1.82) is 0 Å². The van der Waals surface area contributed by atoms with E-state index in [4.69, 9.17) is 4.74 Å². The zero-order valence-corrected chi connectivity index (χ0v) is 14.8. The average Bonchev–Trinajstić information content (AvgIpc) is 3.03. The van der Waals surface area contributed by atoms with E-state index in [2.05, 4.69) is 5.32 Å². The minimum absolute atomic E-state index is 0.0370. The van der Waals surface area contributed by atoms with Gasteiger partial charge in [-0.15, -0.1) is 11.3 Å². The number of phenols is 1. The predicted molar refractivity (Wildman–Crippen MR) is 94.2 cm³/mol. The number of hydrogen-bond donors (Lipinski definition) is 2. The fraction of sp³-hybridized carbons (Fsp3) is 0.278. The van der Waals surface area contributed by atoms with Crippen LogP contribution in [0.5, 0.6) is 5.75 Å². The molecule has 7 heteroatoms. The summed E-state index contributed by atoms with van der Waals surface area (Å²) in [5.74, 6) is -1.29. The maximum absolute atomic E-state index is 12.1. The molecule has 0 atom stereocenters. The number of thiophene rings is 1. The maximum Gasteiger partial charge on any atom is 0.342 e. The number of Topliss-reactive ketones (excluding diaryl/α,β-unsaturated/α-hetero) is 1. The van der Waals surface area contributed by atoms with Gasteiger partial charge in [-0.2, -0.15) is 0 Å². The highest BCUT2D eigenvalue weighted by Gasteiger charge is 2.17. The molecule has 0 fully saturated rings. The number of carbonyl (C=O) groups is 3. The standard InChI is InChI=1S/C18H19NO5S/c1-11-4-3-5-14(17(11)22)18(23)24-10-15(21)16-7-6-13(25-16)8-9-19-12(2)20/h3-7,22H,8-10H2,1-2H3,(H,19,20). The Kier molecular flexibility index (Phi) is 6.30. The van der Waals surface area contributed by atoms with Crippen LogP contribution in [0.1, 0.15) is 37.4 Å². The van der Waals surface area contributed by atoms with Crippen LogP contribution in [0.2, 0.25) is 0 Å². The predicted octanol–water partition coefficient (Wildman–Crippen LogP) is 2.48. The Morgan fingerprint density at radius 3 is 2.68 bits per heavy atom. The molecule has 0 saturated carbocycles. The van der Waals surface area contributed by atoms with E-state index in [0.29, 0.717) is 23.4 Å². The Hall–Kier alpha value is -2.67. The Labute approximate surface area is 149 Å². The number of phenolic OH excluding ortho intramolecular Hbond substituents is 1. The summed E-state index contributed by atoms with van der Waals surface area (Å²) in [4.78, 5) is 36.4. The highest BCUT2D eigenvalue weighted by molar-refractivity contribution is 7.14. The minimum atomic E-state index is -0.739. The van der Waals surface area contributed by atoms with E-state index in [1.54, 1.807) is 25.1 Å². The van der Waals surface area contributed by atoms with Gasteiger partial charge in [0.05, 0.1) is 4.88 Å². The van der Waals surface area contributed by atoms with Crippen LogP contribution in [0.4, 0.5) is 0 Å². The lowest BCUT2D eigenvalue weighted by molar-refractivity contribution is -0.118. The zero-order valence-electron chi connectivity index (χ0n) is 14.0. The van der Waals surface area contributed by atoms with Crippen LogP contribution < -0.4 is 5.32 Å². The first kappa shape index (κ1) is 18.7. The van der Waals surface area contributed by atoms with Crippen LogP contribution in [0, 0.1) is 6.92 Å². The van der Waals surface area contributed by atoms with E-state index >= 15 is 0 Å². The van der Waals surface area contributed by atoms with Crippen LogP contribution >= 0.6 is 11.3 Å². The molecule has 0 bridgehead atoms. The molecule has 132 valence electrons. The maximum atomic E-state index is 12.1. The second-order valence-corrected chi connectivity index (χ2v) is 6.64. The molecule has 0 unspecified atom stereocenters. The largest absolute Gasteiger partial charge is 0.507 e. The van der Waals surface area contributed by atoms with E-state index in [9.17, 15) is 19.5 Å². The highest BCUT2D eigenvalue weighted by Crippen LogP contribution is 2.22. The number of para-hydroxylation sites is 1. The first-order valence-electron chi connectivity index (χ1n) is 7.70. The van der Waals surface area contributed by atoms with E-state index in [1.165, 1.54) is 24.3 Å². The second-order valence-electron chi connectivity index (χ2n) is 5.47. The van der Waals surface area contributed by atoms with Crippen LogP contribution in [0.25, 0.3) is 0 Å². The lowest BCUT2D eigenvalue weighted by atomic mass is 10.1. The van der Waals surface area contributed by atoms with Gasteiger partial charge in [0.1, 0.15) is 11.3 Å². The second kappa shape index (κ2) is 8.43. The molecule has 0 aliphatic heterocycles. The van der Waals surface area contributed by atoms with Gasteiger partial charge in [-0.05, 0) is 37.1 Å². The molecule has 1 amide bonds. The van der Waals surface area contributed by atoms with Crippen molar-refractivity contribution in [1.82, 2.24) is 5.32 Å². The third-order valence-electron chi connectivity index (χ3n) is 3.47. The molecule has 1 heterocycles. The van der Waals surface area contributed by atoms with Crippen molar-refractivity contribution in [3.63, 3.8) is 0 Å². The van der Waals surface area contributed by atoms with E-state index in [0.717, 1.165) is 4.88 Å². The first-order chi connectivity index (χ1) is 11.9. The van der Waals surface area contributed by atoms with Gasteiger partial charge in [-0.1, -0.05) is 12.1 Å². The molecule has 0 spiro atoms. The molecule has 1 aromatic carbocycles. The third-order valence-corrected chi connectivity index (χ3v) is 4.66. The number of amides is 1. The van der Waals surface area contributed by atoms with Gasteiger partial charge in [-0.3, -0.25) is 9.59 Å². The van der Waals surface area contributed by atoms with Crippen molar-refractivity contribution >= 4 is 29.0 Å². The Morgan fingerprint density at radius 2 is 1.96 bits per heavy atom. The van der Waals surface area contributed by atoms with Crippen molar-refractivity contribution in [2.45, 2.75) is 20.3 Å². The number of ether oxygens (including phenoxy) is 1. The van der Waals surface area contributed by atoms with Gasteiger partial charge in [0, 0.05) is 18.3 Å².